The number of benzene rings is 1. The van der Waals surface area contributed by atoms with Crippen molar-refractivity contribution in [1.29, 1.82) is 0 Å². The van der Waals surface area contributed by atoms with Crippen molar-refractivity contribution in [2.24, 2.45) is 0 Å². The molecule has 0 saturated carbocycles. The van der Waals surface area contributed by atoms with Crippen LogP contribution < -0.4 is 0 Å². The molecule has 1 aromatic rings. The van der Waals surface area contributed by atoms with E-state index in [1.165, 1.54) is 3.57 Å². The van der Waals surface area contributed by atoms with Crippen LogP contribution >= 0.6 is 22.6 Å². The van der Waals surface area contributed by atoms with E-state index in [9.17, 15) is 9.90 Å². The van der Waals surface area contributed by atoms with E-state index < -0.39 is 12.0 Å². The zero-order valence-corrected chi connectivity index (χ0v) is 12.3. The van der Waals surface area contributed by atoms with E-state index in [4.69, 9.17) is 0 Å². The summed E-state index contributed by atoms with van der Waals surface area (Å²) in [5, 5.41) is 9.28. The van der Waals surface area contributed by atoms with Crippen molar-refractivity contribution >= 4 is 28.6 Å². The number of hydrogen-bond acceptors (Lipinski definition) is 2. The molecule has 0 spiro atoms. The first-order valence-corrected chi connectivity index (χ1v) is 6.87. The highest BCUT2D eigenvalue weighted by molar-refractivity contribution is 14.1. The molecule has 17 heavy (non-hydrogen) atoms. The van der Waals surface area contributed by atoms with Crippen LogP contribution in [-0.4, -0.2) is 35.1 Å². The van der Waals surface area contributed by atoms with E-state index in [1.807, 2.05) is 43.0 Å². The molecule has 0 amide bonds. The minimum Gasteiger partial charge on any atom is -0.480 e. The van der Waals surface area contributed by atoms with E-state index in [2.05, 4.69) is 22.6 Å². The highest BCUT2D eigenvalue weighted by Gasteiger charge is 2.23. The molecule has 0 aliphatic rings. The van der Waals surface area contributed by atoms with Crippen molar-refractivity contribution in [2.75, 3.05) is 13.1 Å². The maximum absolute atomic E-state index is 11.3. The summed E-state index contributed by atoms with van der Waals surface area (Å²) in [4.78, 5) is 13.3. The normalized spacial score (nSPS) is 12.7. The fourth-order valence-corrected chi connectivity index (χ4v) is 2.24. The van der Waals surface area contributed by atoms with E-state index in [0.29, 0.717) is 6.42 Å². The number of nitrogens with zero attached hydrogens (tertiary/aromatic N) is 1. The van der Waals surface area contributed by atoms with E-state index in [0.717, 1.165) is 18.7 Å². The Hall–Kier alpha value is -0.620. The Morgan fingerprint density at radius 1 is 1.29 bits per heavy atom. The summed E-state index contributed by atoms with van der Waals surface area (Å²) in [6.45, 7) is 5.51. The van der Waals surface area contributed by atoms with Gasteiger partial charge in [0.15, 0.2) is 0 Å². The second-order valence-electron chi connectivity index (χ2n) is 3.91. The Kier molecular flexibility index (Phi) is 5.91. The third kappa shape index (κ3) is 4.27. The molecule has 0 saturated heterocycles. The van der Waals surface area contributed by atoms with Gasteiger partial charge in [-0.25, -0.2) is 0 Å². The maximum Gasteiger partial charge on any atom is 0.321 e. The molecule has 0 aliphatic carbocycles. The standard InChI is InChI=1S/C13H18INO2/c1-3-15(4-2)12(13(16)17)9-10-5-7-11(14)8-6-10/h5-8,12H,3-4,9H2,1-2H3,(H,16,17)/t12-/m0/s1. The second-order valence-corrected chi connectivity index (χ2v) is 5.15. The third-order valence-electron chi connectivity index (χ3n) is 2.88. The molecule has 1 rings (SSSR count). The van der Waals surface area contributed by atoms with Gasteiger partial charge in [0.05, 0.1) is 0 Å². The van der Waals surface area contributed by atoms with Crippen LogP contribution in [0.5, 0.6) is 0 Å². The first kappa shape index (κ1) is 14.4. The molecular formula is C13H18INO2. The maximum atomic E-state index is 11.3. The molecule has 0 heterocycles. The third-order valence-corrected chi connectivity index (χ3v) is 3.60. The van der Waals surface area contributed by atoms with Gasteiger partial charge in [0.1, 0.15) is 6.04 Å². The SMILES string of the molecule is CCN(CC)[C@@H](Cc1ccc(I)cc1)C(=O)O. The Labute approximate surface area is 116 Å². The van der Waals surface area contributed by atoms with Crippen LogP contribution in [0.4, 0.5) is 0 Å². The van der Waals surface area contributed by atoms with Crippen LogP contribution in [0.2, 0.25) is 0 Å². The summed E-state index contributed by atoms with van der Waals surface area (Å²) in [5.74, 6) is -0.743. The van der Waals surface area contributed by atoms with Gasteiger partial charge in [0.2, 0.25) is 0 Å². The molecule has 1 atom stereocenters. The van der Waals surface area contributed by atoms with Crippen molar-refractivity contribution in [3.63, 3.8) is 0 Å². The van der Waals surface area contributed by atoms with Crippen LogP contribution in [0.15, 0.2) is 24.3 Å². The molecule has 0 bridgehead atoms. The first-order valence-electron chi connectivity index (χ1n) is 5.79. The molecule has 1 aromatic carbocycles. The van der Waals surface area contributed by atoms with Crippen molar-refractivity contribution in [2.45, 2.75) is 26.3 Å². The van der Waals surface area contributed by atoms with Crippen molar-refractivity contribution in [3.8, 4) is 0 Å². The van der Waals surface area contributed by atoms with E-state index >= 15 is 0 Å². The fourth-order valence-electron chi connectivity index (χ4n) is 1.88. The average Bonchev–Trinajstić information content (AvgIpc) is 2.31. The monoisotopic (exact) mass is 347 g/mol. The number of halogens is 1. The van der Waals surface area contributed by atoms with Crippen molar-refractivity contribution in [1.82, 2.24) is 4.90 Å². The van der Waals surface area contributed by atoms with Gasteiger partial charge in [-0.15, -0.1) is 0 Å². The highest BCUT2D eigenvalue weighted by Crippen LogP contribution is 2.12. The van der Waals surface area contributed by atoms with Gasteiger partial charge in [-0.2, -0.15) is 0 Å². The van der Waals surface area contributed by atoms with Gasteiger partial charge in [-0.3, -0.25) is 9.69 Å². The average molecular weight is 347 g/mol. The Balaban J connectivity index is 2.79. The topological polar surface area (TPSA) is 40.5 Å². The lowest BCUT2D eigenvalue weighted by atomic mass is 10.0. The number of hydrogen-bond donors (Lipinski definition) is 1. The number of carbonyl (C=O) groups is 1. The lowest BCUT2D eigenvalue weighted by Crippen LogP contribution is -2.42. The van der Waals surface area contributed by atoms with Gasteiger partial charge in [0.25, 0.3) is 0 Å². The number of likely N-dealkylation sites (N-methyl/N-ethyl adjacent to an activating group) is 1. The molecule has 94 valence electrons. The summed E-state index contributed by atoms with van der Waals surface area (Å²) in [6.07, 6.45) is 0.563. The molecule has 0 unspecified atom stereocenters. The molecule has 4 heteroatoms. The Bertz CT molecular complexity index is 360. The second kappa shape index (κ2) is 6.96. The van der Waals surface area contributed by atoms with Crippen molar-refractivity contribution < 1.29 is 9.90 Å². The quantitative estimate of drug-likeness (QED) is 0.805. The Morgan fingerprint density at radius 3 is 2.24 bits per heavy atom. The van der Waals surface area contributed by atoms with E-state index in [1.54, 1.807) is 0 Å². The predicted molar refractivity (Wildman–Crippen MR) is 77.2 cm³/mol. The summed E-state index contributed by atoms with van der Waals surface area (Å²) in [6, 6.07) is 7.60. The van der Waals surface area contributed by atoms with Crippen LogP contribution in [-0.2, 0) is 11.2 Å². The molecule has 3 nitrogen and oxygen atoms in total. The van der Waals surface area contributed by atoms with Crippen LogP contribution in [0.1, 0.15) is 19.4 Å². The lowest BCUT2D eigenvalue weighted by molar-refractivity contribution is -0.143. The van der Waals surface area contributed by atoms with Gasteiger partial charge >= 0.3 is 5.97 Å². The van der Waals surface area contributed by atoms with Gasteiger partial charge in [-0.05, 0) is 59.8 Å². The molecule has 0 aliphatic heterocycles. The largest absolute Gasteiger partial charge is 0.480 e. The van der Waals surface area contributed by atoms with Gasteiger partial charge < -0.3 is 5.11 Å². The Morgan fingerprint density at radius 2 is 1.82 bits per heavy atom. The van der Waals surface area contributed by atoms with Crippen LogP contribution in [0.25, 0.3) is 0 Å². The molecule has 0 fully saturated rings. The minimum absolute atomic E-state index is 0.426. The van der Waals surface area contributed by atoms with Gasteiger partial charge in [0, 0.05) is 3.57 Å². The number of carboxylic acid groups (broad SMARTS) is 1. The predicted octanol–water partition coefficient (Wildman–Crippen LogP) is 2.63. The zero-order valence-electron chi connectivity index (χ0n) is 10.2. The summed E-state index contributed by atoms with van der Waals surface area (Å²) >= 11 is 2.24. The lowest BCUT2D eigenvalue weighted by Gasteiger charge is -2.26. The molecule has 0 radical (unpaired) electrons. The number of rotatable bonds is 6. The van der Waals surface area contributed by atoms with Crippen LogP contribution in [0.3, 0.4) is 0 Å². The zero-order chi connectivity index (χ0) is 12.8. The van der Waals surface area contributed by atoms with Gasteiger partial charge in [-0.1, -0.05) is 26.0 Å². The fraction of sp³-hybridized carbons (Fsp3) is 0.462. The molecule has 0 aromatic heterocycles. The molecule has 1 N–H and O–H groups in total. The molecular weight excluding hydrogens is 329 g/mol. The van der Waals surface area contributed by atoms with E-state index in [-0.39, 0.29) is 0 Å². The first-order chi connectivity index (χ1) is 8.08. The van der Waals surface area contributed by atoms with Crippen molar-refractivity contribution in [3.05, 3.63) is 33.4 Å². The summed E-state index contributed by atoms with van der Waals surface area (Å²) in [7, 11) is 0. The highest BCUT2D eigenvalue weighted by atomic mass is 127. The number of carboxylic acids is 1. The van der Waals surface area contributed by atoms with Crippen LogP contribution in [0, 0.1) is 3.57 Å². The summed E-state index contributed by atoms with van der Waals surface area (Å²) < 4.78 is 1.17. The summed E-state index contributed by atoms with van der Waals surface area (Å²) in [5.41, 5.74) is 1.07. The smallest absolute Gasteiger partial charge is 0.321 e. The minimum atomic E-state index is -0.743. The number of aliphatic carboxylic acids is 1.